The summed E-state index contributed by atoms with van der Waals surface area (Å²) in [6.07, 6.45) is 11.2. The standard InChI is InChI=1S/C48H58F2N10O7/c1-56(25-35-26-58(21-22-66-35)20-4-3-5-30-9-15-38-40(23-30)57(2)48(65)60(38)39-16-17-41(61)54-45(39)63)47(64)31-10-13-34(14-11-31)59-27-36(42(55-59)43(49)50)52-44(62)37-28-67-46(53-37)32-18-19-51-33(24-32)12-8-29-6-7-29/h9,15,18-19,23-24,27-29,31,34-35,39,43H,3-8,10-14,16-17,20-22,25-26H2,1-2H3,(H,52,62)(H,54,61,63)/t31?,34?,35-,39?/m1/s1. The Hall–Kier alpha value is -6.08. The molecule has 0 bridgehead atoms. The number of piperidine rings is 1. The lowest BCUT2D eigenvalue weighted by Gasteiger charge is -2.36. The van der Waals surface area contributed by atoms with Gasteiger partial charge in [-0.15, -0.1) is 0 Å². The number of morpholine rings is 1. The van der Waals surface area contributed by atoms with E-state index in [0.717, 1.165) is 67.9 Å². The summed E-state index contributed by atoms with van der Waals surface area (Å²) in [6.45, 7) is 3.44. The smallest absolute Gasteiger partial charge is 0.329 e. The van der Waals surface area contributed by atoms with Crippen molar-refractivity contribution in [3.8, 4) is 11.5 Å². The fourth-order valence-electron chi connectivity index (χ4n) is 9.90. The van der Waals surface area contributed by atoms with Gasteiger partial charge in [-0.05, 0) is 106 Å². The van der Waals surface area contributed by atoms with E-state index in [4.69, 9.17) is 9.15 Å². The molecule has 6 heterocycles. The van der Waals surface area contributed by atoms with Gasteiger partial charge in [0.25, 0.3) is 12.3 Å². The monoisotopic (exact) mass is 924 g/mol. The minimum Gasteiger partial charge on any atom is -0.444 e. The molecule has 2 atom stereocenters. The summed E-state index contributed by atoms with van der Waals surface area (Å²) in [5, 5.41) is 9.12. The number of ether oxygens (including phenoxy) is 1. The average molecular weight is 925 g/mol. The van der Waals surface area contributed by atoms with Crippen LogP contribution in [0.2, 0.25) is 0 Å². The van der Waals surface area contributed by atoms with Crippen LogP contribution in [-0.4, -0.2) is 108 Å². The number of carbonyl (C=O) groups is 4. The largest absolute Gasteiger partial charge is 0.444 e. The number of hydrogen-bond donors (Lipinski definition) is 2. The number of imidazole rings is 1. The van der Waals surface area contributed by atoms with Gasteiger partial charge in [-0.25, -0.2) is 18.6 Å². The molecule has 4 aliphatic rings. The number of oxazole rings is 1. The molecule has 2 aliphatic heterocycles. The van der Waals surface area contributed by atoms with Crippen LogP contribution in [0.3, 0.4) is 0 Å². The molecule has 19 heteroatoms. The van der Waals surface area contributed by atoms with Gasteiger partial charge in [-0.2, -0.15) is 5.10 Å². The second-order valence-electron chi connectivity index (χ2n) is 18.7. The van der Waals surface area contributed by atoms with E-state index in [-0.39, 0.29) is 59.3 Å². The maximum absolute atomic E-state index is 14.2. The molecule has 5 aromatic rings. The van der Waals surface area contributed by atoms with Gasteiger partial charge in [0, 0.05) is 69.7 Å². The van der Waals surface area contributed by atoms with Gasteiger partial charge in [-0.1, -0.05) is 18.9 Å². The average Bonchev–Trinajstić information content (AvgIpc) is 3.74. The van der Waals surface area contributed by atoms with Gasteiger partial charge < -0.3 is 19.4 Å². The zero-order valence-electron chi connectivity index (χ0n) is 38.0. The number of amides is 4. The van der Waals surface area contributed by atoms with Crippen molar-refractivity contribution in [2.75, 3.05) is 45.2 Å². The van der Waals surface area contributed by atoms with Gasteiger partial charge in [0.1, 0.15) is 12.3 Å². The van der Waals surface area contributed by atoms with Crippen LogP contribution in [0, 0.1) is 11.8 Å². The number of hydrogen-bond acceptors (Lipinski definition) is 11. The van der Waals surface area contributed by atoms with Crippen molar-refractivity contribution in [1.29, 1.82) is 0 Å². The second-order valence-corrected chi connectivity index (χ2v) is 18.7. The van der Waals surface area contributed by atoms with Crippen LogP contribution >= 0.6 is 0 Å². The van der Waals surface area contributed by atoms with Crippen LogP contribution < -0.4 is 16.3 Å². The summed E-state index contributed by atoms with van der Waals surface area (Å²) in [6, 6.07) is 8.62. The summed E-state index contributed by atoms with van der Waals surface area (Å²) < 4.78 is 44.7. The Morgan fingerprint density at radius 1 is 1.00 bits per heavy atom. The highest BCUT2D eigenvalue weighted by atomic mass is 19.3. The molecule has 2 saturated carbocycles. The van der Waals surface area contributed by atoms with Crippen molar-refractivity contribution in [1.82, 2.24) is 44.0 Å². The fourth-order valence-corrected chi connectivity index (χ4v) is 9.90. The first-order chi connectivity index (χ1) is 32.4. The first-order valence-electron chi connectivity index (χ1n) is 23.6. The third kappa shape index (κ3) is 10.6. The number of rotatable bonds is 17. The maximum Gasteiger partial charge on any atom is 0.329 e. The molecule has 1 unspecified atom stereocenters. The Morgan fingerprint density at radius 3 is 2.60 bits per heavy atom. The molecule has 0 spiro atoms. The molecule has 4 fully saturated rings. The number of halogens is 2. The Labute approximate surface area is 386 Å². The molecule has 2 N–H and O–H groups in total. The normalized spacial score (nSPS) is 21.5. The first kappa shape index (κ1) is 46.0. The van der Waals surface area contributed by atoms with Gasteiger partial charge in [-0.3, -0.25) is 48.2 Å². The highest BCUT2D eigenvalue weighted by Crippen LogP contribution is 2.36. The number of carbonyl (C=O) groups excluding carboxylic acids is 4. The fraction of sp³-hybridized carbons (Fsp3) is 0.542. The van der Waals surface area contributed by atoms with Gasteiger partial charge in [0.15, 0.2) is 11.4 Å². The molecular weight excluding hydrogens is 867 g/mol. The van der Waals surface area contributed by atoms with Gasteiger partial charge in [0.2, 0.25) is 23.6 Å². The number of fused-ring (bicyclic) bond motifs is 1. The number of unbranched alkanes of at least 4 members (excludes halogenated alkanes) is 1. The quantitative estimate of drug-likeness (QED) is 0.0821. The lowest BCUT2D eigenvalue weighted by Crippen LogP contribution is -2.49. The lowest BCUT2D eigenvalue weighted by atomic mass is 9.85. The number of anilines is 1. The maximum atomic E-state index is 14.2. The van der Waals surface area contributed by atoms with E-state index in [9.17, 15) is 32.8 Å². The molecule has 67 heavy (non-hydrogen) atoms. The number of benzene rings is 1. The van der Waals surface area contributed by atoms with Crippen molar-refractivity contribution in [3.05, 3.63) is 82.1 Å². The molecule has 1 aromatic carbocycles. The molecule has 0 radical (unpaired) electrons. The molecule has 2 aliphatic carbocycles. The van der Waals surface area contributed by atoms with E-state index in [2.05, 4.69) is 30.6 Å². The van der Waals surface area contributed by atoms with Crippen molar-refractivity contribution >= 4 is 40.3 Å². The van der Waals surface area contributed by atoms with Crippen molar-refractivity contribution in [2.45, 2.75) is 108 Å². The molecule has 17 nitrogen and oxygen atoms in total. The number of nitrogens with one attached hydrogen (secondary N) is 2. The van der Waals surface area contributed by atoms with Crippen molar-refractivity contribution in [3.63, 3.8) is 0 Å². The van der Waals surface area contributed by atoms with E-state index in [1.807, 2.05) is 31.3 Å². The highest BCUT2D eigenvalue weighted by Gasteiger charge is 2.34. The zero-order chi connectivity index (χ0) is 46.8. The molecule has 356 valence electrons. The Kier molecular flexibility index (Phi) is 13.8. The highest BCUT2D eigenvalue weighted by molar-refractivity contribution is 6.03. The number of imide groups is 1. The van der Waals surface area contributed by atoms with Crippen LogP contribution in [0.5, 0.6) is 0 Å². The van der Waals surface area contributed by atoms with E-state index in [1.54, 1.807) is 28.8 Å². The van der Waals surface area contributed by atoms with E-state index in [0.29, 0.717) is 62.9 Å². The molecule has 2 saturated heterocycles. The number of aromatic nitrogens is 6. The second kappa shape index (κ2) is 20.0. The third-order valence-electron chi connectivity index (χ3n) is 13.9. The van der Waals surface area contributed by atoms with Gasteiger partial charge >= 0.3 is 5.69 Å². The summed E-state index contributed by atoms with van der Waals surface area (Å²) in [5.41, 5.74) is 3.17. The minimum absolute atomic E-state index is 0.0380. The molecular formula is C48H58F2N10O7. The van der Waals surface area contributed by atoms with Crippen LogP contribution in [0.15, 0.2) is 58.2 Å². The predicted molar refractivity (Wildman–Crippen MR) is 242 cm³/mol. The van der Waals surface area contributed by atoms with Gasteiger partial charge in [0.05, 0.1) is 35.5 Å². The Morgan fingerprint density at radius 2 is 1.82 bits per heavy atom. The SMILES string of the molecule is CN(C[C@@H]1CN(CCCCc2ccc3c(c2)n(C)c(=O)n3C2CCC(=O)NC2=O)CCO1)C(=O)C1CCC(n2cc(NC(=O)c3coc(-c4ccnc(CCC5CC5)c4)n3)c(C(F)F)n2)CC1. The van der Waals surface area contributed by atoms with E-state index >= 15 is 0 Å². The summed E-state index contributed by atoms with van der Waals surface area (Å²) in [4.78, 5) is 77.2. The Bertz CT molecular complexity index is 2680. The summed E-state index contributed by atoms with van der Waals surface area (Å²) in [7, 11) is 3.51. The number of aryl methyl sites for hydroxylation is 3. The molecule has 9 rings (SSSR count). The first-order valence-corrected chi connectivity index (χ1v) is 23.6. The van der Waals surface area contributed by atoms with E-state index in [1.165, 1.54) is 34.6 Å². The number of alkyl halides is 2. The number of pyridine rings is 1. The summed E-state index contributed by atoms with van der Waals surface area (Å²) >= 11 is 0. The predicted octanol–water partition coefficient (Wildman–Crippen LogP) is 6.01. The number of nitrogens with zero attached hydrogens (tertiary/aromatic N) is 8. The van der Waals surface area contributed by atoms with E-state index < -0.39 is 30.0 Å². The molecule has 4 amide bonds. The van der Waals surface area contributed by atoms with Crippen molar-refractivity contribution < 1.29 is 37.1 Å². The minimum atomic E-state index is -2.92. The van der Waals surface area contributed by atoms with Crippen molar-refractivity contribution in [2.24, 2.45) is 18.9 Å². The Balaban J connectivity index is 0.719. The van der Waals surface area contributed by atoms with Crippen LogP contribution in [0.1, 0.15) is 117 Å². The number of likely N-dealkylation sites (N-methyl/N-ethyl adjacent to an activating group) is 1. The summed E-state index contributed by atoms with van der Waals surface area (Å²) in [5.74, 6) is -0.624. The topological polar surface area (TPSA) is 192 Å². The van der Waals surface area contributed by atoms with Crippen LogP contribution in [0.4, 0.5) is 14.5 Å². The van der Waals surface area contributed by atoms with Crippen LogP contribution in [-0.2, 0) is 39.0 Å². The third-order valence-corrected chi connectivity index (χ3v) is 13.9. The van der Waals surface area contributed by atoms with Crippen LogP contribution in [0.25, 0.3) is 22.5 Å². The lowest BCUT2D eigenvalue weighted by molar-refractivity contribution is -0.138. The zero-order valence-corrected chi connectivity index (χ0v) is 38.0. The molecule has 4 aromatic heterocycles.